The fourth-order valence-corrected chi connectivity index (χ4v) is 2.59. The lowest BCUT2D eigenvalue weighted by Crippen LogP contribution is -2.33. The van der Waals surface area contributed by atoms with Gasteiger partial charge in [0.2, 0.25) is 0 Å². The molecule has 1 aromatic rings. The van der Waals surface area contributed by atoms with Crippen molar-refractivity contribution in [3.8, 4) is 0 Å². The lowest BCUT2D eigenvalue weighted by Gasteiger charge is -2.34. The summed E-state index contributed by atoms with van der Waals surface area (Å²) in [6, 6.07) is 5.98. The van der Waals surface area contributed by atoms with Crippen LogP contribution in [0.1, 0.15) is 59.6 Å². The Bertz CT molecular complexity index is 493. The number of carbonyl (C=O) groups is 1. The van der Waals surface area contributed by atoms with Gasteiger partial charge in [0.15, 0.2) is 0 Å². The largest absolute Gasteiger partial charge is 0.465 e. The maximum absolute atomic E-state index is 11.5. The molecule has 0 saturated heterocycles. The number of amides is 1. The molecule has 20 heavy (non-hydrogen) atoms. The van der Waals surface area contributed by atoms with Gasteiger partial charge in [0.1, 0.15) is 0 Å². The monoisotopic (exact) mass is 277 g/mol. The number of benzene rings is 1. The predicted octanol–water partition coefficient (Wildman–Crippen LogP) is 4.79. The maximum Gasteiger partial charge on any atom is 0.411 e. The van der Waals surface area contributed by atoms with Crippen molar-refractivity contribution in [2.75, 3.05) is 11.4 Å². The molecule has 1 aromatic carbocycles. The molecule has 0 unspecified atom stereocenters. The number of nitrogens with zero attached hydrogens (tertiary/aromatic N) is 1. The highest BCUT2D eigenvalue weighted by atomic mass is 16.4. The van der Waals surface area contributed by atoms with Gasteiger partial charge in [-0.1, -0.05) is 53.7 Å². The van der Waals surface area contributed by atoms with Crippen LogP contribution in [0.2, 0.25) is 0 Å². The normalized spacial score (nSPS) is 12.3. The van der Waals surface area contributed by atoms with Gasteiger partial charge in [-0.2, -0.15) is 0 Å². The highest BCUT2D eigenvalue weighted by Crippen LogP contribution is 2.40. The molecule has 1 N–H and O–H groups in total. The molecule has 0 aromatic heterocycles. The predicted molar refractivity (Wildman–Crippen MR) is 84.9 cm³/mol. The molecule has 0 aliphatic carbocycles. The first-order chi connectivity index (χ1) is 9.00. The fourth-order valence-electron chi connectivity index (χ4n) is 2.59. The molecule has 0 spiro atoms. The Balaban J connectivity index is 3.66. The average molecular weight is 277 g/mol. The summed E-state index contributed by atoms with van der Waals surface area (Å²) in [4.78, 5) is 12.9. The van der Waals surface area contributed by atoms with E-state index in [0.29, 0.717) is 6.54 Å². The molecule has 0 atom stereocenters. The number of hydrogen-bond acceptors (Lipinski definition) is 1. The van der Waals surface area contributed by atoms with Crippen LogP contribution in [0.5, 0.6) is 0 Å². The summed E-state index contributed by atoms with van der Waals surface area (Å²) in [6.45, 7) is 15.2. The molecular formula is C17H27NO2. The topological polar surface area (TPSA) is 40.5 Å². The van der Waals surface area contributed by atoms with Crippen LogP contribution < -0.4 is 4.90 Å². The summed E-state index contributed by atoms with van der Waals surface area (Å²) in [5, 5.41) is 9.44. The van der Waals surface area contributed by atoms with Gasteiger partial charge in [0.05, 0.1) is 5.69 Å². The molecule has 0 bridgehead atoms. The second-order valence-corrected chi connectivity index (χ2v) is 7.23. The zero-order chi connectivity index (χ0) is 15.7. The van der Waals surface area contributed by atoms with E-state index in [-0.39, 0.29) is 10.8 Å². The van der Waals surface area contributed by atoms with E-state index in [1.807, 2.05) is 19.1 Å². The molecule has 3 heteroatoms. The molecular weight excluding hydrogens is 250 g/mol. The van der Waals surface area contributed by atoms with Crippen LogP contribution in [0.15, 0.2) is 18.2 Å². The Morgan fingerprint density at radius 3 is 2.00 bits per heavy atom. The summed E-state index contributed by atoms with van der Waals surface area (Å²) in [5.41, 5.74) is 3.01. The second-order valence-electron chi connectivity index (χ2n) is 7.23. The molecule has 0 heterocycles. The minimum atomic E-state index is -0.899. The van der Waals surface area contributed by atoms with E-state index in [9.17, 15) is 9.90 Å². The summed E-state index contributed by atoms with van der Waals surface area (Å²) >= 11 is 0. The number of hydrogen-bond donors (Lipinski definition) is 1. The van der Waals surface area contributed by atoms with Crippen LogP contribution in [0.25, 0.3) is 0 Å². The Kier molecular flexibility index (Phi) is 4.52. The van der Waals surface area contributed by atoms with Crippen molar-refractivity contribution in [3.63, 3.8) is 0 Å². The molecule has 0 aliphatic heterocycles. The molecule has 112 valence electrons. The Morgan fingerprint density at radius 2 is 1.65 bits per heavy atom. The van der Waals surface area contributed by atoms with E-state index in [4.69, 9.17) is 0 Å². The van der Waals surface area contributed by atoms with Crippen molar-refractivity contribution in [1.29, 1.82) is 0 Å². The minimum Gasteiger partial charge on any atom is -0.465 e. The summed E-state index contributed by atoms with van der Waals surface area (Å²) in [6.07, 6.45) is -0.899. The Labute approximate surface area is 122 Å². The van der Waals surface area contributed by atoms with Crippen molar-refractivity contribution in [2.24, 2.45) is 0 Å². The van der Waals surface area contributed by atoms with Crippen LogP contribution >= 0.6 is 0 Å². The van der Waals surface area contributed by atoms with Crippen LogP contribution in [0.3, 0.4) is 0 Å². The lowest BCUT2D eigenvalue weighted by molar-refractivity contribution is 0.202. The van der Waals surface area contributed by atoms with Gasteiger partial charge in [-0.25, -0.2) is 4.79 Å². The van der Waals surface area contributed by atoms with Crippen LogP contribution in [-0.4, -0.2) is 17.7 Å². The van der Waals surface area contributed by atoms with Gasteiger partial charge < -0.3 is 5.11 Å². The van der Waals surface area contributed by atoms with Gasteiger partial charge in [-0.05, 0) is 34.9 Å². The van der Waals surface area contributed by atoms with E-state index >= 15 is 0 Å². The third-order valence-electron chi connectivity index (χ3n) is 3.44. The number of carboxylic acid groups (broad SMARTS) is 1. The first-order valence-electron chi connectivity index (χ1n) is 7.14. The van der Waals surface area contributed by atoms with E-state index < -0.39 is 6.09 Å². The zero-order valence-electron chi connectivity index (χ0n) is 13.7. The van der Waals surface area contributed by atoms with Crippen molar-refractivity contribution < 1.29 is 9.90 Å². The van der Waals surface area contributed by atoms with Crippen LogP contribution in [0.4, 0.5) is 10.5 Å². The third kappa shape index (κ3) is 3.33. The van der Waals surface area contributed by atoms with Gasteiger partial charge >= 0.3 is 6.09 Å². The second kappa shape index (κ2) is 5.47. The quantitative estimate of drug-likeness (QED) is 0.844. The molecule has 0 fully saturated rings. The molecule has 3 nitrogen and oxygen atoms in total. The Morgan fingerprint density at radius 1 is 1.10 bits per heavy atom. The first kappa shape index (κ1) is 16.5. The zero-order valence-corrected chi connectivity index (χ0v) is 13.7. The smallest absolute Gasteiger partial charge is 0.411 e. The number of anilines is 1. The third-order valence-corrected chi connectivity index (χ3v) is 3.44. The summed E-state index contributed by atoms with van der Waals surface area (Å²) in [5.74, 6) is 0. The average Bonchev–Trinajstić information content (AvgIpc) is 2.26. The summed E-state index contributed by atoms with van der Waals surface area (Å²) < 4.78 is 0. The molecule has 0 aliphatic rings. The molecule has 1 rings (SSSR count). The van der Waals surface area contributed by atoms with Crippen molar-refractivity contribution in [1.82, 2.24) is 0 Å². The minimum absolute atomic E-state index is 0.0173. The highest BCUT2D eigenvalue weighted by molar-refractivity contribution is 5.87. The van der Waals surface area contributed by atoms with Crippen molar-refractivity contribution >= 4 is 11.8 Å². The van der Waals surface area contributed by atoms with E-state index in [1.165, 1.54) is 10.5 Å². The molecule has 0 saturated carbocycles. The lowest BCUT2D eigenvalue weighted by atomic mass is 9.74. The van der Waals surface area contributed by atoms with Crippen LogP contribution in [0, 0.1) is 0 Å². The standard InChI is InChI=1S/C17H27NO2/c1-8-18(15(19)20)13-11-9-10-12(16(2,3)4)14(13)17(5,6)7/h9-11H,8H2,1-7H3,(H,19,20). The number of rotatable bonds is 2. The van der Waals surface area contributed by atoms with E-state index in [0.717, 1.165) is 11.3 Å². The van der Waals surface area contributed by atoms with Gasteiger partial charge in [0, 0.05) is 6.54 Å². The SMILES string of the molecule is CCN(C(=O)O)c1cccc(C(C)(C)C)c1C(C)(C)C. The molecule has 0 radical (unpaired) electrons. The van der Waals surface area contributed by atoms with Gasteiger partial charge in [-0.3, -0.25) is 4.90 Å². The maximum atomic E-state index is 11.5. The van der Waals surface area contributed by atoms with E-state index in [2.05, 4.69) is 47.6 Å². The van der Waals surface area contributed by atoms with E-state index in [1.54, 1.807) is 0 Å². The van der Waals surface area contributed by atoms with Gasteiger partial charge in [-0.15, -0.1) is 0 Å². The van der Waals surface area contributed by atoms with Crippen molar-refractivity contribution in [2.45, 2.75) is 59.3 Å². The summed E-state index contributed by atoms with van der Waals surface area (Å²) in [7, 11) is 0. The highest BCUT2D eigenvalue weighted by Gasteiger charge is 2.30. The first-order valence-corrected chi connectivity index (χ1v) is 7.14. The van der Waals surface area contributed by atoms with Crippen LogP contribution in [-0.2, 0) is 10.8 Å². The fraction of sp³-hybridized carbons (Fsp3) is 0.588. The molecule has 1 amide bonds. The Hall–Kier alpha value is -1.51. The van der Waals surface area contributed by atoms with Gasteiger partial charge in [0.25, 0.3) is 0 Å². The van der Waals surface area contributed by atoms with Crippen molar-refractivity contribution in [3.05, 3.63) is 29.3 Å².